The Morgan fingerprint density at radius 2 is 1.71 bits per heavy atom. The fraction of sp³-hybridized carbons (Fsp3) is 0.286. The molecule has 0 radical (unpaired) electrons. The highest BCUT2D eigenvalue weighted by atomic mass is 32.2. The van der Waals surface area contributed by atoms with Gasteiger partial charge in [-0.25, -0.2) is 8.42 Å². The number of rotatable bonds is 6. The Labute approximate surface area is 165 Å². The first-order valence-corrected chi connectivity index (χ1v) is 10.7. The van der Waals surface area contributed by atoms with Gasteiger partial charge in [-0.2, -0.15) is 4.31 Å². The first kappa shape index (κ1) is 20.1. The summed E-state index contributed by atoms with van der Waals surface area (Å²) in [6, 6.07) is 13.8. The predicted octanol–water partition coefficient (Wildman–Crippen LogP) is 3.52. The molecule has 0 unspecified atom stereocenters. The second kappa shape index (κ2) is 9.03. The lowest BCUT2D eigenvalue weighted by atomic mass is 10.2. The van der Waals surface area contributed by atoms with Gasteiger partial charge in [-0.1, -0.05) is 36.8 Å². The summed E-state index contributed by atoms with van der Waals surface area (Å²) in [7, 11) is -2.08. The zero-order valence-electron chi connectivity index (χ0n) is 15.8. The molecular weight excluding hydrogens is 376 g/mol. The summed E-state index contributed by atoms with van der Waals surface area (Å²) in [5, 5.41) is 2.69. The number of para-hydroxylation sites is 2. The third kappa shape index (κ3) is 4.61. The number of sulfonamides is 1. The molecule has 0 aliphatic carbocycles. The molecule has 1 amide bonds. The van der Waals surface area contributed by atoms with Crippen LogP contribution in [0.3, 0.4) is 0 Å². The Kier molecular flexibility index (Phi) is 6.49. The van der Waals surface area contributed by atoms with Crippen LogP contribution in [0.2, 0.25) is 0 Å². The average Bonchev–Trinajstić information content (AvgIpc) is 2.73. The van der Waals surface area contributed by atoms with Crippen molar-refractivity contribution < 1.29 is 17.9 Å². The fourth-order valence-corrected chi connectivity index (χ4v) is 4.85. The molecule has 7 heteroatoms. The molecule has 0 atom stereocenters. The van der Waals surface area contributed by atoms with E-state index in [1.165, 1.54) is 16.4 Å². The van der Waals surface area contributed by atoms with Gasteiger partial charge in [0.05, 0.1) is 12.8 Å². The average molecular weight is 401 g/mol. The molecule has 0 bridgehead atoms. The van der Waals surface area contributed by atoms with Crippen LogP contribution in [-0.2, 0) is 14.8 Å². The molecule has 0 saturated carbocycles. The number of hydrogen-bond acceptors (Lipinski definition) is 4. The van der Waals surface area contributed by atoms with Crippen LogP contribution in [-0.4, -0.2) is 38.8 Å². The monoisotopic (exact) mass is 400 g/mol. The number of anilines is 1. The van der Waals surface area contributed by atoms with Crippen molar-refractivity contribution in [3.63, 3.8) is 0 Å². The van der Waals surface area contributed by atoms with Crippen molar-refractivity contribution in [3.05, 3.63) is 60.2 Å². The summed E-state index contributed by atoms with van der Waals surface area (Å²) in [5.41, 5.74) is 1.04. The lowest BCUT2D eigenvalue weighted by Crippen LogP contribution is -2.36. The van der Waals surface area contributed by atoms with Gasteiger partial charge in [0.15, 0.2) is 0 Å². The van der Waals surface area contributed by atoms with Gasteiger partial charge >= 0.3 is 0 Å². The van der Waals surface area contributed by atoms with E-state index in [4.69, 9.17) is 4.74 Å². The molecule has 3 rings (SSSR count). The second-order valence-electron chi connectivity index (χ2n) is 6.53. The number of ether oxygens (including phenoxy) is 1. The van der Waals surface area contributed by atoms with Gasteiger partial charge in [0, 0.05) is 24.7 Å². The number of methoxy groups -OCH3 is 1. The summed E-state index contributed by atoms with van der Waals surface area (Å²) < 4.78 is 32.7. The number of hydrogen-bond donors (Lipinski definition) is 1. The van der Waals surface area contributed by atoms with Gasteiger partial charge in [-0.05, 0) is 37.1 Å². The van der Waals surface area contributed by atoms with E-state index in [0.29, 0.717) is 18.8 Å². The van der Waals surface area contributed by atoms with Crippen LogP contribution >= 0.6 is 0 Å². The predicted molar refractivity (Wildman–Crippen MR) is 110 cm³/mol. The van der Waals surface area contributed by atoms with E-state index in [1.807, 2.05) is 18.2 Å². The zero-order valence-corrected chi connectivity index (χ0v) is 16.6. The number of nitrogens with one attached hydrogen (secondary N) is 1. The van der Waals surface area contributed by atoms with Crippen LogP contribution in [0.4, 0.5) is 5.69 Å². The topological polar surface area (TPSA) is 75.7 Å². The lowest BCUT2D eigenvalue weighted by molar-refractivity contribution is -0.111. The maximum atomic E-state index is 13.0. The Morgan fingerprint density at radius 1 is 1.04 bits per heavy atom. The van der Waals surface area contributed by atoms with Gasteiger partial charge in [0.1, 0.15) is 10.6 Å². The van der Waals surface area contributed by atoms with Crippen molar-refractivity contribution in [1.29, 1.82) is 0 Å². The second-order valence-corrected chi connectivity index (χ2v) is 8.43. The van der Waals surface area contributed by atoms with E-state index >= 15 is 0 Å². The molecule has 1 saturated heterocycles. The molecule has 2 aromatic rings. The van der Waals surface area contributed by atoms with Crippen LogP contribution < -0.4 is 10.1 Å². The molecule has 28 heavy (non-hydrogen) atoms. The number of nitrogens with zero attached hydrogens (tertiary/aromatic N) is 1. The largest absolute Gasteiger partial charge is 0.496 e. The number of amides is 1. The summed E-state index contributed by atoms with van der Waals surface area (Å²) in [5.74, 6) is 0.242. The Hall–Kier alpha value is -2.64. The van der Waals surface area contributed by atoms with Crippen molar-refractivity contribution in [2.75, 3.05) is 25.5 Å². The Balaban J connectivity index is 1.79. The molecule has 0 spiro atoms. The highest BCUT2D eigenvalue weighted by Crippen LogP contribution is 2.27. The smallest absolute Gasteiger partial charge is 0.248 e. The van der Waals surface area contributed by atoms with E-state index in [9.17, 15) is 13.2 Å². The highest BCUT2D eigenvalue weighted by Gasteiger charge is 2.28. The fourth-order valence-electron chi connectivity index (χ4n) is 3.18. The molecule has 2 aromatic carbocycles. The Bertz CT molecular complexity index is 964. The summed E-state index contributed by atoms with van der Waals surface area (Å²) >= 11 is 0. The molecule has 1 aliphatic heterocycles. The summed E-state index contributed by atoms with van der Waals surface area (Å²) in [6.45, 7) is 1.02. The number of carbonyl (C=O) groups excluding carboxylic acids is 1. The van der Waals surface area contributed by atoms with E-state index < -0.39 is 15.9 Å². The minimum atomic E-state index is -3.64. The standard InChI is InChI=1S/C21H24N2O4S/c1-27-19-11-5-3-9-17(19)13-14-21(24)22-18-10-4-6-12-20(18)28(25,26)23-15-7-2-8-16-23/h3-6,9-14H,2,7-8,15-16H2,1H3,(H,22,24). The molecule has 1 aliphatic rings. The van der Waals surface area contributed by atoms with Crippen molar-refractivity contribution in [1.82, 2.24) is 4.31 Å². The molecule has 148 valence electrons. The molecular formula is C21H24N2O4S. The van der Waals surface area contributed by atoms with Gasteiger partial charge in [0.25, 0.3) is 0 Å². The first-order valence-electron chi connectivity index (χ1n) is 9.23. The normalized spacial score (nSPS) is 15.5. The molecule has 1 fully saturated rings. The van der Waals surface area contributed by atoms with Crippen LogP contribution in [0.1, 0.15) is 24.8 Å². The van der Waals surface area contributed by atoms with Crippen molar-refractivity contribution >= 4 is 27.7 Å². The summed E-state index contributed by atoms with van der Waals surface area (Å²) in [4.78, 5) is 12.5. The van der Waals surface area contributed by atoms with E-state index in [-0.39, 0.29) is 10.6 Å². The minimum absolute atomic E-state index is 0.121. The van der Waals surface area contributed by atoms with Crippen molar-refractivity contribution in [2.45, 2.75) is 24.2 Å². The third-order valence-corrected chi connectivity index (χ3v) is 6.59. The van der Waals surface area contributed by atoms with E-state index in [2.05, 4.69) is 5.32 Å². The van der Waals surface area contributed by atoms with Crippen LogP contribution in [0.15, 0.2) is 59.5 Å². The van der Waals surface area contributed by atoms with Gasteiger partial charge in [0.2, 0.25) is 15.9 Å². The molecule has 6 nitrogen and oxygen atoms in total. The molecule has 1 N–H and O–H groups in total. The zero-order chi connectivity index (χ0) is 20.0. The molecule has 0 aromatic heterocycles. The first-order chi connectivity index (χ1) is 13.5. The maximum Gasteiger partial charge on any atom is 0.248 e. The van der Waals surface area contributed by atoms with Crippen molar-refractivity contribution in [3.8, 4) is 5.75 Å². The number of piperidine rings is 1. The third-order valence-electron chi connectivity index (χ3n) is 4.63. The van der Waals surface area contributed by atoms with Crippen molar-refractivity contribution in [2.24, 2.45) is 0 Å². The molecule has 1 heterocycles. The Morgan fingerprint density at radius 3 is 2.46 bits per heavy atom. The number of carbonyl (C=O) groups is 1. The quantitative estimate of drug-likeness (QED) is 0.753. The van der Waals surface area contributed by atoms with Crippen LogP contribution in [0, 0.1) is 0 Å². The van der Waals surface area contributed by atoms with Crippen LogP contribution in [0.5, 0.6) is 5.75 Å². The van der Waals surface area contributed by atoms with E-state index in [1.54, 1.807) is 37.5 Å². The lowest BCUT2D eigenvalue weighted by Gasteiger charge is -2.26. The van der Waals surface area contributed by atoms with Gasteiger partial charge < -0.3 is 10.1 Å². The van der Waals surface area contributed by atoms with Gasteiger partial charge in [-0.15, -0.1) is 0 Å². The maximum absolute atomic E-state index is 13.0. The van der Waals surface area contributed by atoms with Gasteiger partial charge in [-0.3, -0.25) is 4.79 Å². The van der Waals surface area contributed by atoms with Crippen LogP contribution in [0.25, 0.3) is 6.08 Å². The SMILES string of the molecule is COc1ccccc1C=CC(=O)Nc1ccccc1S(=O)(=O)N1CCCCC1. The number of benzene rings is 2. The highest BCUT2D eigenvalue weighted by molar-refractivity contribution is 7.89. The minimum Gasteiger partial charge on any atom is -0.496 e. The summed E-state index contributed by atoms with van der Waals surface area (Å²) in [6.07, 6.45) is 5.75. The van der Waals surface area contributed by atoms with E-state index in [0.717, 1.165) is 24.8 Å².